The molecule has 8 atom stereocenters. The van der Waals surface area contributed by atoms with E-state index in [2.05, 4.69) is 48.7 Å². The van der Waals surface area contributed by atoms with E-state index in [-0.39, 0.29) is 33.4 Å². The minimum atomic E-state index is -3.87. The second-order valence-electron chi connectivity index (χ2n) is 16.0. The standard InChI is InChI=1S/C33H44N4O5S/c1-27(2)22-8-9-31(6)23(30(22,5)15-20(17-34)26(27)39)14-25(38)33(40)24-16-29(4,37-43(41,42)21-18-35-36-19-21)12-10-28(24,3)11-13-32(31,33)7/h14-15,18-19,22,24,37,40H,8-13,16H2,1-7H3,(H,35,36)/t22-,24+,28-,29-,30-,31+,32-,33+/m0/s1. The van der Waals surface area contributed by atoms with Gasteiger partial charge in [0.15, 0.2) is 11.6 Å². The molecule has 1 heterocycles. The van der Waals surface area contributed by atoms with E-state index in [1.54, 1.807) is 12.2 Å². The highest BCUT2D eigenvalue weighted by Crippen LogP contribution is 2.75. The number of aromatic amines is 1. The van der Waals surface area contributed by atoms with Crippen LogP contribution in [0.4, 0.5) is 0 Å². The number of hydrogen-bond donors (Lipinski definition) is 3. The summed E-state index contributed by atoms with van der Waals surface area (Å²) in [7, 11) is -3.87. The fraction of sp³-hybridized carbons (Fsp3) is 0.697. The second-order valence-corrected chi connectivity index (χ2v) is 17.6. The van der Waals surface area contributed by atoms with Crippen molar-refractivity contribution in [3.63, 3.8) is 0 Å². The lowest BCUT2D eigenvalue weighted by Crippen LogP contribution is -2.74. The Hall–Kier alpha value is -2.61. The van der Waals surface area contributed by atoms with Crippen molar-refractivity contribution in [1.82, 2.24) is 14.9 Å². The lowest BCUT2D eigenvalue weighted by molar-refractivity contribution is -0.239. The molecule has 3 saturated carbocycles. The number of aliphatic hydroxyl groups is 1. The van der Waals surface area contributed by atoms with Crippen molar-refractivity contribution in [2.75, 3.05) is 0 Å². The number of Topliss-reactive ketones (excluding diaryl/α,β-unsaturated/α-hetero) is 1. The van der Waals surface area contributed by atoms with Crippen LogP contribution in [0.1, 0.15) is 93.4 Å². The average molecular weight is 609 g/mol. The highest BCUT2D eigenvalue weighted by Gasteiger charge is 2.75. The molecule has 5 aliphatic carbocycles. The van der Waals surface area contributed by atoms with E-state index in [0.717, 1.165) is 18.4 Å². The van der Waals surface area contributed by atoms with Gasteiger partial charge in [-0.05, 0) is 80.3 Å². The first kappa shape index (κ1) is 30.4. The second kappa shape index (κ2) is 8.76. The van der Waals surface area contributed by atoms with Crippen molar-refractivity contribution in [1.29, 1.82) is 5.26 Å². The van der Waals surface area contributed by atoms with Gasteiger partial charge in [0, 0.05) is 33.9 Å². The molecule has 3 N–H and O–H groups in total. The van der Waals surface area contributed by atoms with Crippen LogP contribution in [0.25, 0.3) is 0 Å². The van der Waals surface area contributed by atoms with Crippen LogP contribution in [-0.4, -0.2) is 46.4 Å². The number of carbonyl (C=O) groups excluding carboxylic acids is 2. The van der Waals surface area contributed by atoms with Gasteiger partial charge in [0.05, 0.1) is 11.8 Å². The number of rotatable bonds is 3. The zero-order chi connectivity index (χ0) is 31.6. The summed E-state index contributed by atoms with van der Waals surface area (Å²) in [4.78, 5) is 27.9. The summed E-state index contributed by atoms with van der Waals surface area (Å²) in [6.07, 6.45) is 10.5. The maximum Gasteiger partial charge on any atom is 0.244 e. The smallest absolute Gasteiger partial charge is 0.244 e. The fourth-order valence-corrected chi connectivity index (χ4v) is 12.0. The number of hydrogen-bond acceptors (Lipinski definition) is 7. The Balaban J connectivity index is 1.47. The minimum Gasteiger partial charge on any atom is -0.381 e. The summed E-state index contributed by atoms with van der Waals surface area (Å²) in [5, 5.41) is 29.3. The predicted octanol–water partition coefficient (Wildman–Crippen LogP) is 4.77. The van der Waals surface area contributed by atoms with E-state index in [0.29, 0.717) is 32.1 Å². The van der Waals surface area contributed by atoms with Crippen molar-refractivity contribution < 1.29 is 23.1 Å². The number of allylic oxidation sites excluding steroid dienone is 3. The van der Waals surface area contributed by atoms with Crippen molar-refractivity contribution in [3.05, 3.63) is 35.7 Å². The molecule has 43 heavy (non-hydrogen) atoms. The SMILES string of the molecule is CC1(C)C(=O)C(C#N)=C[C@]2(C)C3=CC(=O)[C@]4(O)[C@@H]5C[C@@](C)(NS(=O)(=O)c6cn[nH]c6)CC[C@@]5(C)CC[C@@]4(C)[C@]3(C)CC[C@@H]12. The van der Waals surface area contributed by atoms with Gasteiger partial charge in [-0.25, -0.2) is 13.1 Å². The van der Waals surface area contributed by atoms with Crippen LogP contribution in [0.2, 0.25) is 0 Å². The molecule has 232 valence electrons. The topological polar surface area (TPSA) is 153 Å². The molecule has 5 aliphatic rings. The Morgan fingerprint density at radius 2 is 1.70 bits per heavy atom. The minimum absolute atomic E-state index is 0.0479. The third kappa shape index (κ3) is 3.68. The van der Waals surface area contributed by atoms with Crippen LogP contribution < -0.4 is 4.72 Å². The Kier molecular flexibility index (Phi) is 6.20. The molecule has 1 aromatic rings. The molecule has 9 nitrogen and oxygen atoms in total. The fourth-order valence-electron chi connectivity index (χ4n) is 10.6. The summed E-state index contributed by atoms with van der Waals surface area (Å²) < 4.78 is 29.4. The molecule has 0 unspecified atom stereocenters. The van der Waals surface area contributed by atoms with Crippen molar-refractivity contribution in [3.8, 4) is 6.07 Å². The molecule has 1 aromatic heterocycles. The third-order valence-corrected chi connectivity index (χ3v) is 15.0. The number of carbonyl (C=O) groups is 2. The number of H-pyrrole nitrogens is 1. The molecule has 0 aromatic carbocycles. The number of sulfonamides is 1. The number of fused-ring (bicyclic) bond motifs is 7. The van der Waals surface area contributed by atoms with Crippen molar-refractivity contribution in [2.24, 2.45) is 38.9 Å². The number of nitriles is 1. The first-order chi connectivity index (χ1) is 19.7. The van der Waals surface area contributed by atoms with Crippen LogP contribution in [0.15, 0.2) is 40.6 Å². The lowest BCUT2D eigenvalue weighted by Gasteiger charge is -2.71. The Labute approximate surface area is 254 Å². The van der Waals surface area contributed by atoms with E-state index >= 15 is 0 Å². The molecule has 0 bridgehead atoms. The molecule has 6 rings (SSSR count). The van der Waals surface area contributed by atoms with Crippen molar-refractivity contribution in [2.45, 2.75) is 109 Å². The zero-order valence-corrected chi connectivity index (χ0v) is 27.1. The van der Waals surface area contributed by atoms with Crippen LogP contribution in [-0.2, 0) is 19.6 Å². The quantitative estimate of drug-likeness (QED) is 0.447. The maximum atomic E-state index is 14.6. The van der Waals surface area contributed by atoms with Gasteiger partial charge in [-0.15, -0.1) is 0 Å². The van der Waals surface area contributed by atoms with Gasteiger partial charge in [0.25, 0.3) is 0 Å². The summed E-state index contributed by atoms with van der Waals surface area (Å²) in [5.41, 5.74) is -4.78. The number of nitrogens with one attached hydrogen (secondary N) is 2. The van der Waals surface area contributed by atoms with E-state index in [9.17, 15) is 28.4 Å². The summed E-state index contributed by atoms with van der Waals surface area (Å²) >= 11 is 0. The average Bonchev–Trinajstić information content (AvgIpc) is 3.47. The van der Waals surface area contributed by atoms with Gasteiger partial charge in [0.2, 0.25) is 10.0 Å². The highest BCUT2D eigenvalue weighted by molar-refractivity contribution is 7.89. The molecule has 10 heteroatoms. The molecule has 0 aliphatic heterocycles. The van der Waals surface area contributed by atoms with Gasteiger partial charge in [-0.2, -0.15) is 10.4 Å². The Morgan fingerprint density at radius 1 is 1.02 bits per heavy atom. The maximum absolute atomic E-state index is 14.6. The normalized spacial score (nSPS) is 45.5. The summed E-state index contributed by atoms with van der Waals surface area (Å²) in [5.74, 6) is -1.06. The van der Waals surface area contributed by atoms with E-state index in [4.69, 9.17) is 0 Å². The van der Waals surface area contributed by atoms with Crippen LogP contribution in [0.5, 0.6) is 0 Å². The molecular formula is C33H44N4O5S. The largest absolute Gasteiger partial charge is 0.381 e. The first-order valence-electron chi connectivity index (χ1n) is 15.4. The predicted molar refractivity (Wildman–Crippen MR) is 160 cm³/mol. The van der Waals surface area contributed by atoms with Gasteiger partial charge >= 0.3 is 0 Å². The lowest BCUT2D eigenvalue weighted by atomic mass is 9.33. The van der Waals surface area contributed by atoms with E-state index in [1.807, 2.05) is 20.8 Å². The molecule has 0 radical (unpaired) electrons. The summed E-state index contributed by atoms with van der Waals surface area (Å²) in [6, 6.07) is 2.13. The summed E-state index contributed by atoms with van der Waals surface area (Å²) in [6.45, 7) is 14.1. The van der Waals surface area contributed by atoms with Gasteiger partial charge < -0.3 is 5.11 Å². The van der Waals surface area contributed by atoms with Gasteiger partial charge in [0.1, 0.15) is 16.6 Å². The number of nitrogens with zero attached hydrogens (tertiary/aromatic N) is 2. The van der Waals surface area contributed by atoms with Gasteiger partial charge in [-0.3, -0.25) is 14.7 Å². The molecule has 0 spiro atoms. The Morgan fingerprint density at radius 3 is 2.33 bits per heavy atom. The molecule has 3 fully saturated rings. The Bertz CT molecular complexity index is 1640. The van der Waals surface area contributed by atoms with Gasteiger partial charge in [-0.1, -0.05) is 47.6 Å². The van der Waals surface area contributed by atoms with Crippen LogP contribution in [0, 0.1) is 50.2 Å². The third-order valence-electron chi connectivity index (χ3n) is 13.4. The van der Waals surface area contributed by atoms with Crippen molar-refractivity contribution >= 4 is 21.6 Å². The monoisotopic (exact) mass is 608 g/mol. The molecule has 0 amide bonds. The number of aromatic nitrogens is 2. The highest BCUT2D eigenvalue weighted by atomic mass is 32.2. The van der Waals surface area contributed by atoms with Crippen LogP contribution in [0.3, 0.4) is 0 Å². The number of ketones is 2. The molecular weight excluding hydrogens is 564 g/mol. The zero-order valence-electron chi connectivity index (χ0n) is 26.3. The van der Waals surface area contributed by atoms with E-state index in [1.165, 1.54) is 12.4 Å². The van der Waals surface area contributed by atoms with Crippen LogP contribution >= 0.6 is 0 Å². The molecule has 0 saturated heterocycles. The van der Waals surface area contributed by atoms with E-state index < -0.39 is 48.7 Å². The first-order valence-corrected chi connectivity index (χ1v) is 16.9.